The molecule has 4 atom stereocenters. The van der Waals surface area contributed by atoms with Crippen LogP contribution < -0.4 is 0 Å². The molecule has 3 aromatic rings. The number of benzene rings is 1. The number of aryl methyl sites for hydroxylation is 2. The Morgan fingerprint density at radius 2 is 2.00 bits per heavy atom. The normalized spacial score (nSPS) is 28.9. The Morgan fingerprint density at radius 3 is 2.83 bits per heavy atom. The maximum Gasteiger partial charge on any atom is 0.152 e. The SMILES string of the molecule is Cc1ccc2c(c1)c1c3n2CC(c2ccc(C)nc2)COC3N(C)C2CCCC12. The summed E-state index contributed by atoms with van der Waals surface area (Å²) in [7, 11) is 2.28. The Morgan fingerprint density at radius 1 is 1.10 bits per heavy atom. The number of likely N-dealkylation sites (N-methyl/N-ethyl adjacent to an activating group) is 1. The zero-order valence-electron chi connectivity index (χ0n) is 17.6. The second-order valence-corrected chi connectivity index (χ2v) is 9.32. The molecule has 0 spiro atoms. The number of pyridine rings is 1. The molecule has 0 N–H and O–H groups in total. The van der Waals surface area contributed by atoms with Gasteiger partial charge in [-0.3, -0.25) is 9.88 Å². The van der Waals surface area contributed by atoms with Crippen molar-refractivity contribution in [2.45, 2.75) is 63.8 Å². The van der Waals surface area contributed by atoms with Gasteiger partial charge in [0, 0.05) is 47.2 Å². The Kier molecular flexibility index (Phi) is 3.91. The largest absolute Gasteiger partial charge is 0.357 e. The highest BCUT2D eigenvalue weighted by Gasteiger charge is 2.46. The third-order valence-electron chi connectivity index (χ3n) is 7.54. The molecule has 2 aliphatic heterocycles. The summed E-state index contributed by atoms with van der Waals surface area (Å²) < 4.78 is 9.25. The molecular weight excluding hydrogens is 358 g/mol. The second kappa shape index (κ2) is 6.41. The molecule has 0 saturated heterocycles. The van der Waals surface area contributed by atoms with Gasteiger partial charge < -0.3 is 9.30 Å². The van der Waals surface area contributed by atoms with E-state index in [1.165, 1.54) is 47.0 Å². The fourth-order valence-electron chi connectivity index (χ4n) is 6.10. The molecule has 150 valence electrons. The Balaban J connectivity index is 1.56. The van der Waals surface area contributed by atoms with Crippen LogP contribution in [0.4, 0.5) is 0 Å². The van der Waals surface area contributed by atoms with Gasteiger partial charge in [0.25, 0.3) is 0 Å². The Hall–Kier alpha value is -2.17. The first kappa shape index (κ1) is 17.7. The van der Waals surface area contributed by atoms with Crippen molar-refractivity contribution >= 4 is 10.9 Å². The number of nitrogens with zero attached hydrogens (tertiary/aromatic N) is 3. The summed E-state index contributed by atoms with van der Waals surface area (Å²) in [5, 5.41) is 1.46. The monoisotopic (exact) mass is 387 g/mol. The zero-order chi connectivity index (χ0) is 19.7. The molecule has 4 heteroatoms. The fraction of sp³-hybridized carbons (Fsp3) is 0.480. The average molecular weight is 388 g/mol. The van der Waals surface area contributed by atoms with Gasteiger partial charge in [-0.25, -0.2) is 0 Å². The van der Waals surface area contributed by atoms with Crippen LogP contribution in [0.3, 0.4) is 0 Å². The van der Waals surface area contributed by atoms with E-state index < -0.39 is 0 Å². The molecular formula is C25H29N3O. The first-order valence-corrected chi connectivity index (χ1v) is 11.0. The molecule has 29 heavy (non-hydrogen) atoms. The van der Waals surface area contributed by atoms with E-state index in [2.05, 4.69) is 58.8 Å². The van der Waals surface area contributed by atoms with Crippen molar-refractivity contribution in [1.82, 2.24) is 14.5 Å². The molecule has 1 aromatic carbocycles. The predicted octanol–water partition coefficient (Wildman–Crippen LogP) is 5.05. The number of hydrogen-bond donors (Lipinski definition) is 0. The molecule has 6 rings (SSSR count). The average Bonchev–Trinajstić information content (AvgIpc) is 3.25. The lowest BCUT2D eigenvalue weighted by molar-refractivity contribution is -0.0807. The molecule has 4 nitrogen and oxygen atoms in total. The molecule has 2 aromatic heterocycles. The van der Waals surface area contributed by atoms with Crippen LogP contribution in [0.15, 0.2) is 36.5 Å². The lowest BCUT2D eigenvalue weighted by Crippen LogP contribution is -2.42. The maximum atomic E-state index is 6.67. The summed E-state index contributed by atoms with van der Waals surface area (Å²) in [6.07, 6.45) is 6.00. The van der Waals surface area contributed by atoms with Crippen molar-refractivity contribution in [1.29, 1.82) is 0 Å². The quantitative estimate of drug-likeness (QED) is 0.585. The van der Waals surface area contributed by atoms with E-state index in [-0.39, 0.29) is 6.23 Å². The Labute approximate surface area is 172 Å². The van der Waals surface area contributed by atoms with E-state index in [1.54, 1.807) is 5.56 Å². The molecule has 1 aliphatic carbocycles. The van der Waals surface area contributed by atoms with Gasteiger partial charge in [0.2, 0.25) is 0 Å². The molecule has 1 fully saturated rings. The van der Waals surface area contributed by atoms with Gasteiger partial charge in [-0.1, -0.05) is 24.1 Å². The number of fused-ring (bicyclic) bond motifs is 5. The van der Waals surface area contributed by atoms with Crippen molar-refractivity contribution in [3.8, 4) is 0 Å². The highest BCUT2D eigenvalue weighted by Crippen LogP contribution is 2.52. The highest BCUT2D eigenvalue weighted by atomic mass is 16.5. The first-order chi connectivity index (χ1) is 14.1. The molecule has 0 amide bonds. The number of ether oxygens (including phenoxy) is 1. The third kappa shape index (κ3) is 2.55. The minimum Gasteiger partial charge on any atom is -0.357 e. The topological polar surface area (TPSA) is 30.3 Å². The molecule has 3 aliphatic rings. The third-order valence-corrected chi connectivity index (χ3v) is 7.54. The minimum atomic E-state index is 0.0560. The zero-order valence-corrected chi connectivity index (χ0v) is 17.6. The van der Waals surface area contributed by atoms with E-state index in [4.69, 9.17) is 4.74 Å². The molecule has 4 heterocycles. The summed E-state index contributed by atoms with van der Waals surface area (Å²) in [6, 6.07) is 12.0. The highest BCUT2D eigenvalue weighted by molar-refractivity contribution is 5.87. The predicted molar refractivity (Wildman–Crippen MR) is 115 cm³/mol. The van der Waals surface area contributed by atoms with Crippen LogP contribution in [0.2, 0.25) is 0 Å². The van der Waals surface area contributed by atoms with Crippen molar-refractivity contribution in [2.24, 2.45) is 0 Å². The first-order valence-electron chi connectivity index (χ1n) is 11.0. The lowest BCUT2D eigenvalue weighted by Gasteiger charge is -2.41. The van der Waals surface area contributed by atoms with Crippen LogP contribution in [0, 0.1) is 13.8 Å². The smallest absolute Gasteiger partial charge is 0.152 e. The summed E-state index contributed by atoms with van der Waals surface area (Å²) in [4.78, 5) is 7.08. The molecule has 1 saturated carbocycles. The summed E-state index contributed by atoms with van der Waals surface area (Å²) in [5.41, 5.74) is 8.06. The summed E-state index contributed by atoms with van der Waals surface area (Å²) in [5.74, 6) is 0.959. The van der Waals surface area contributed by atoms with Crippen LogP contribution in [0.1, 0.15) is 65.4 Å². The van der Waals surface area contributed by atoms with E-state index in [1.807, 2.05) is 13.1 Å². The standard InChI is InChI=1S/C25H29N3O/c1-15-7-10-22-20(11-15)23-19-5-4-6-21(19)27(3)25-24(23)28(22)13-18(14-29-25)17-9-8-16(2)26-12-17/h7-12,18-19,21,25H,4-6,13-14H2,1-3H3. The van der Waals surface area contributed by atoms with Crippen molar-refractivity contribution in [3.63, 3.8) is 0 Å². The lowest BCUT2D eigenvalue weighted by atomic mass is 9.86. The van der Waals surface area contributed by atoms with Gasteiger partial charge in [0.15, 0.2) is 6.23 Å². The number of hydrogen-bond acceptors (Lipinski definition) is 3. The van der Waals surface area contributed by atoms with Gasteiger partial charge in [-0.15, -0.1) is 0 Å². The molecule has 0 radical (unpaired) electrons. The van der Waals surface area contributed by atoms with Gasteiger partial charge in [-0.2, -0.15) is 0 Å². The van der Waals surface area contributed by atoms with Crippen molar-refractivity contribution < 1.29 is 4.74 Å². The minimum absolute atomic E-state index is 0.0560. The van der Waals surface area contributed by atoms with E-state index in [9.17, 15) is 0 Å². The molecule has 4 unspecified atom stereocenters. The van der Waals surface area contributed by atoms with Crippen LogP contribution in [0.25, 0.3) is 10.9 Å². The van der Waals surface area contributed by atoms with E-state index >= 15 is 0 Å². The Bertz CT molecular complexity index is 1080. The van der Waals surface area contributed by atoms with Gasteiger partial charge in [0.1, 0.15) is 0 Å². The van der Waals surface area contributed by atoms with Crippen molar-refractivity contribution in [2.75, 3.05) is 13.7 Å². The van der Waals surface area contributed by atoms with Gasteiger partial charge in [0.05, 0.1) is 12.3 Å². The van der Waals surface area contributed by atoms with Crippen LogP contribution in [0.5, 0.6) is 0 Å². The van der Waals surface area contributed by atoms with Crippen LogP contribution in [-0.4, -0.2) is 34.1 Å². The molecule has 0 bridgehead atoms. The van der Waals surface area contributed by atoms with Crippen molar-refractivity contribution in [3.05, 3.63) is 64.6 Å². The second-order valence-electron chi connectivity index (χ2n) is 9.32. The number of rotatable bonds is 1. The van der Waals surface area contributed by atoms with E-state index in [0.717, 1.165) is 18.8 Å². The summed E-state index contributed by atoms with van der Waals surface area (Å²) in [6.45, 7) is 5.96. The maximum absolute atomic E-state index is 6.67. The van der Waals surface area contributed by atoms with Crippen LogP contribution >= 0.6 is 0 Å². The number of aromatic nitrogens is 2. The van der Waals surface area contributed by atoms with E-state index in [0.29, 0.717) is 17.9 Å². The van der Waals surface area contributed by atoms with Gasteiger partial charge in [-0.05, 0) is 63.1 Å². The van der Waals surface area contributed by atoms with Crippen LogP contribution in [-0.2, 0) is 11.3 Å². The fourth-order valence-corrected chi connectivity index (χ4v) is 6.10. The summed E-state index contributed by atoms with van der Waals surface area (Å²) >= 11 is 0. The van der Waals surface area contributed by atoms with Gasteiger partial charge >= 0.3 is 0 Å².